The van der Waals surface area contributed by atoms with Crippen molar-refractivity contribution in [1.29, 1.82) is 5.41 Å². The lowest BCUT2D eigenvalue weighted by Gasteiger charge is -2.25. The minimum Gasteiger partial charge on any atom is -0.488 e. The number of aliphatic imine (C=N–C) groups is 1. The molecular weight excluding hydrogens is 278 g/mol. The van der Waals surface area contributed by atoms with E-state index in [1.807, 2.05) is 0 Å². The first-order chi connectivity index (χ1) is 10.7. The van der Waals surface area contributed by atoms with E-state index < -0.39 is 0 Å². The summed E-state index contributed by atoms with van der Waals surface area (Å²) in [4.78, 5) is 7.80. The number of hydrogen-bond acceptors (Lipinski definition) is 6. The number of nitrogens with two attached hydrogens (primary N) is 1. The van der Waals surface area contributed by atoms with E-state index in [0.717, 1.165) is 32.1 Å². The van der Waals surface area contributed by atoms with Crippen LogP contribution in [0.2, 0.25) is 0 Å². The zero-order valence-corrected chi connectivity index (χ0v) is 12.5. The van der Waals surface area contributed by atoms with Gasteiger partial charge < -0.3 is 21.2 Å². The van der Waals surface area contributed by atoms with E-state index in [-0.39, 0.29) is 6.10 Å². The standard InChI is InChI=1S/C16H21N5O/c1-11(12(8-17)9-19-2)15-14(5-7-21-16(15)18)22-13-4-3-6-20-10-13/h5,7-9,13,17,20H,1-4,6,10H2,(H2,18,21)/b12-9+,17-8?. The number of nitrogens with zero attached hydrogens (tertiary/aromatic N) is 2. The lowest BCUT2D eigenvalue weighted by Crippen LogP contribution is -2.37. The molecule has 1 aliphatic heterocycles. The average molecular weight is 299 g/mol. The molecule has 6 heteroatoms. The number of rotatable bonds is 6. The van der Waals surface area contributed by atoms with Gasteiger partial charge in [-0.1, -0.05) is 6.58 Å². The van der Waals surface area contributed by atoms with Gasteiger partial charge in [0.15, 0.2) is 0 Å². The van der Waals surface area contributed by atoms with Crippen LogP contribution in [0.25, 0.3) is 5.57 Å². The number of pyridine rings is 1. The molecule has 1 atom stereocenters. The van der Waals surface area contributed by atoms with Gasteiger partial charge in [0.05, 0.1) is 5.56 Å². The lowest BCUT2D eigenvalue weighted by atomic mass is 10.0. The summed E-state index contributed by atoms with van der Waals surface area (Å²) in [6.45, 7) is 9.23. The van der Waals surface area contributed by atoms with Gasteiger partial charge in [-0.3, -0.25) is 4.99 Å². The summed E-state index contributed by atoms with van der Waals surface area (Å²) < 4.78 is 6.07. The molecule has 0 bridgehead atoms. The Hall–Kier alpha value is -2.47. The third-order valence-corrected chi connectivity index (χ3v) is 3.52. The molecular formula is C16H21N5O. The molecule has 1 aliphatic rings. The third kappa shape index (κ3) is 3.59. The molecule has 1 fully saturated rings. The number of allylic oxidation sites excluding steroid dienone is 2. The Labute approximate surface area is 130 Å². The highest BCUT2D eigenvalue weighted by Crippen LogP contribution is 2.33. The van der Waals surface area contributed by atoms with Gasteiger partial charge in [-0.25, -0.2) is 4.98 Å². The van der Waals surface area contributed by atoms with Crippen LogP contribution in [0.1, 0.15) is 18.4 Å². The molecule has 1 unspecified atom stereocenters. The van der Waals surface area contributed by atoms with Gasteiger partial charge in [-0.15, -0.1) is 0 Å². The van der Waals surface area contributed by atoms with E-state index in [2.05, 4.69) is 28.6 Å². The maximum atomic E-state index is 7.48. The Morgan fingerprint density at radius 3 is 3.05 bits per heavy atom. The van der Waals surface area contributed by atoms with E-state index in [0.29, 0.717) is 28.3 Å². The molecule has 116 valence electrons. The SMILES string of the molecule is C=N/C=C(\C=N)C(=C)c1c(OC2CCCNC2)ccnc1N. The first kappa shape index (κ1) is 15.9. The van der Waals surface area contributed by atoms with Crippen molar-refractivity contribution in [2.24, 2.45) is 4.99 Å². The highest BCUT2D eigenvalue weighted by molar-refractivity contribution is 6.01. The summed E-state index contributed by atoms with van der Waals surface area (Å²) >= 11 is 0. The summed E-state index contributed by atoms with van der Waals surface area (Å²) in [5, 5.41) is 10.8. The van der Waals surface area contributed by atoms with Crippen molar-refractivity contribution >= 4 is 24.3 Å². The number of aromatic nitrogens is 1. The first-order valence-corrected chi connectivity index (χ1v) is 7.15. The maximum Gasteiger partial charge on any atom is 0.134 e. The molecule has 0 aromatic carbocycles. The van der Waals surface area contributed by atoms with Gasteiger partial charge in [-0.05, 0) is 37.7 Å². The Kier molecular flexibility index (Phi) is 5.43. The van der Waals surface area contributed by atoms with E-state index in [1.54, 1.807) is 12.3 Å². The Bertz CT molecular complexity index is 603. The van der Waals surface area contributed by atoms with Crippen molar-refractivity contribution in [3.05, 3.63) is 36.2 Å². The molecule has 2 heterocycles. The minimum atomic E-state index is 0.0899. The number of nitrogens with one attached hydrogen (secondary N) is 2. The van der Waals surface area contributed by atoms with Crippen LogP contribution in [-0.2, 0) is 0 Å². The van der Waals surface area contributed by atoms with E-state index >= 15 is 0 Å². The molecule has 22 heavy (non-hydrogen) atoms. The third-order valence-electron chi connectivity index (χ3n) is 3.52. The van der Waals surface area contributed by atoms with E-state index in [9.17, 15) is 0 Å². The van der Waals surface area contributed by atoms with Crippen LogP contribution in [0.5, 0.6) is 5.75 Å². The Balaban J connectivity index is 2.33. The second-order valence-corrected chi connectivity index (χ2v) is 5.05. The molecule has 4 N–H and O–H groups in total. The van der Waals surface area contributed by atoms with Crippen LogP contribution in [0.3, 0.4) is 0 Å². The molecule has 0 spiro atoms. The highest BCUT2D eigenvalue weighted by atomic mass is 16.5. The molecule has 0 saturated carbocycles. The van der Waals surface area contributed by atoms with Gasteiger partial charge in [0.25, 0.3) is 0 Å². The number of anilines is 1. The molecule has 1 saturated heterocycles. The van der Waals surface area contributed by atoms with Crippen molar-refractivity contribution in [3.8, 4) is 5.75 Å². The van der Waals surface area contributed by atoms with E-state index in [4.69, 9.17) is 15.9 Å². The zero-order chi connectivity index (χ0) is 15.9. The van der Waals surface area contributed by atoms with Crippen molar-refractivity contribution in [2.75, 3.05) is 18.8 Å². The van der Waals surface area contributed by atoms with Crippen LogP contribution in [0, 0.1) is 5.41 Å². The maximum absolute atomic E-state index is 7.48. The molecule has 6 nitrogen and oxygen atoms in total. The van der Waals surface area contributed by atoms with Crippen molar-refractivity contribution < 1.29 is 4.74 Å². The fourth-order valence-corrected chi connectivity index (χ4v) is 2.41. The number of piperidine rings is 1. The predicted octanol–water partition coefficient (Wildman–Crippen LogP) is 2.04. The quantitative estimate of drug-likeness (QED) is 0.553. The van der Waals surface area contributed by atoms with Gasteiger partial charge in [0, 0.05) is 30.7 Å². The fourth-order valence-electron chi connectivity index (χ4n) is 2.41. The fraction of sp³-hybridized carbons (Fsp3) is 0.312. The minimum absolute atomic E-state index is 0.0899. The molecule has 0 radical (unpaired) electrons. The molecule has 0 amide bonds. The second-order valence-electron chi connectivity index (χ2n) is 5.05. The second kappa shape index (κ2) is 7.51. The van der Waals surface area contributed by atoms with Gasteiger partial charge >= 0.3 is 0 Å². The average Bonchev–Trinajstić information content (AvgIpc) is 2.53. The van der Waals surface area contributed by atoms with Crippen LogP contribution in [-0.4, -0.2) is 37.1 Å². The normalized spacial score (nSPS) is 18.5. The zero-order valence-electron chi connectivity index (χ0n) is 12.5. The highest BCUT2D eigenvalue weighted by Gasteiger charge is 2.20. The van der Waals surface area contributed by atoms with Crippen LogP contribution in [0.15, 0.2) is 35.6 Å². The van der Waals surface area contributed by atoms with Crippen molar-refractivity contribution in [3.63, 3.8) is 0 Å². The van der Waals surface area contributed by atoms with E-state index in [1.165, 1.54) is 6.20 Å². The van der Waals surface area contributed by atoms with Gasteiger partial charge in [0.2, 0.25) is 0 Å². The Morgan fingerprint density at radius 2 is 2.41 bits per heavy atom. The van der Waals surface area contributed by atoms with Crippen LogP contribution < -0.4 is 15.8 Å². The summed E-state index contributed by atoms with van der Waals surface area (Å²) in [5.74, 6) is 0.950. The Morgan fingerprint density at radius 1 is 1.59 bits per heavy atom. The summed E-state index contributed by atoms with van der Waals surface area (Å²) in [6, 6.07) is 1.77. The smallest absolute Gasteiger partial charge is 0.134 e. The van der Waals surface area contributed by atoms with Crippen molar-refractivity contribution in [1.82, 2.24) is 10.3 Å². The van der Waals surface area contributed by atoms with Gasteiger partial charge in [0.1, 0.15) is 17.7 Å². The van der Waals surface area contributed by atoms with Crippen molar-refractivity contribution in [2.45, 2.75) is 18.9 Å². The summed E-state index contributed by atoms with van der Waals surface area (Å²) in [5.41, 5.74) is 7.67. The van der Waals surface area contributed by atoms with Crippen LogP contribution in [0.4, 0.5) is 5.82 Å². The molecule has 1 aromatic rings. The number of nitrogen functional groups attached to an aromatic ring is 1. The van der Waals surface area contributed by atoms with Gasteiger partial charge in [-0.2, -0.15) is 0 Å². The number of ether oxygens (including phenoxy) is 1. The topological polar surface area (TPSA) is 96.4 Å². The monoisotopic (exact) mass is 299 g/mol. The van der Waals surface area contributed by atoms with Crippen LogP contribution >= 0.6 is 0 Å². The number of hydrogen-bond donors (Lipinski definition) is 3. The molecule has 1 aromatic heterocycles. The first-order valence-electron chi connectivity index (χ1n) is 7.15. The molecule has 2 rings (SSSR count). The summed E-state index contributed by atoms with van der Waals surface area (Å²) in [7, 11) is 0. The predicted molar refractivity (Wildman–Crippen MR) is 90.6 cm³/mol. The summed E-state index contributed by atoms with van der Waals surface area (Å²) in [6.07, 6.45) is 6.39. The largest absolute Gasteiger partial charge is 0.488 e. The lowest BCUT2D eigenvalue weighted by molar-refractivity contribution is 0.166. The molecule has 0 aliphatic carbocycles.